The summed E-state index contributed by atoms with van der Waals surface area (Å²) in [4.78, 5) is 13.2. The van der Waals surface area contributed by atoms with Crippen molar-refractivity contribution in [2.45, 2.75) is 6.61 Å². The smallest absolute Gasteiger partial charge is 0.339 e. The molecule has 0 N–H and O–H groups in total. The monoisotopic (exact) mass is 356 g/mol. The zero-order chi connectivity index (χ0) is 17.6. The van der Waals surface area contributed by atoms with E-state index < -0.39 is 11.8 Å². The van der Waals surface area contributed by atoms with E-state index in [1.54, 1.807) is 42.5 Å². The van der Waals surface area contributed by atoms with E-state index in [1.165, 1.54) is 29.5 Å². The minimum Gasteiger partial charge on any atom is -0.457 e. The molecule has 25 heavy (non-hydrogen) atoms. The molecule has 0 bridgehead atoms. The third-order valence-electron chi connectivity index (χ3n) is 3.50. The third-order valence-corrected chi connectivity index (χ3v) is 4.41. The molecule has 0 saturated heterocycles. The summed E-state index contributed by atoms with van der Waals surface area (Å²) >= 11 is 1.39. The van der Waals surface area contributed by atoms with Gasteiger partial charge in [-0.2, -0.15) is 0 Å². The Balaban J connectivity index is 1.83. The summed E-state index contributed by atoms with van der Waals surface area (Å²) in [5.74, 6) is -1.33. The maximum atomic E-state index is 13.7. The first-order valence-electron chi connectivity index (χ1n) is 7.55. The summed E-state index contributed by atoms with van der Waals surface area (Å²) in [6.07, 6.45) is 1.63. The lowest BCUT2D eigenvalue weighted by molar-refractivity contribution is -0.137. The van der Waals surface area contributed by atoms with Crippen LogP contribution in [0, 0.1) is 11.6 Å². The summed E-state index contributed by atoms with van der Waals surface area (Å²) in [6.45, 7) is -0.155. The quantitative estimate of drug-likeness (QED) is 0.457. The van der Waals surface area contributed by atoms with E-state index in [1.807, 2.05) is 11.4 Å². The summed E-state index contributed by atoms with van der Waals surface area (Å²) in [7, 11) is 0. The molecule has 0 aliphatic carbocycles. The number of thiophene rings is 1. The third kappa shape index (κ3) is 4.39. The second kappa shape index (κ2) is 7.85. The number of carbonyl (C=O) groups is 1. The highest BCUT2D eigenvalue weighted by atomic mass is 32.1. The highest BCUT2D eigenvalue weighted by molar-refractivity contribution is 7.11. The summed E-state index contributed by atoms with van der Waals surface area (Å²) in [6, 6.07) is 15.6. The van der Waals surface area contributed by atoms with Crippen molar-refractivity contribution in [2.75, 3.05) is 0 Å². The molecule has 1 aromatic heterocycles. The SMILES string of the molecule is O=C(OCc1ccccc1F)/C(=C/c1ccc(F)cc1)c1cccs1. The van der Waals surface area contributed by atoms with Crippen molar-refractivity contribution in [3.05, 3.63) is 93.7 Å². The fourth-order valence-corrected chi connectivity index (χ4v) is 2.95. The molecular weight excluding hydrogens is 342 g/mol. The Bertz CT molecular complexity index is 884. The van der Waals surface area contributed by atoms with Crippen LogP contribution in [0.5, 0.6) is 0 Å². The number of esters is 1. The molecule has 0 fully saturated rings. The molecule has 0 radical (unpaired) electrons. The van der Waals surface area contributed by atoms with Crippen LogP contribution in [0.1, 0.15) is 16.0 Å². The van der Waals surface area contributed by atoms with E-state index in [2.05, 4.69) is 0 Å². The Labute approximate surface area is 148 Å². The van der Waals surface area contributed by atoms with Crippen molar-refractivity contribution in [3.8, 4) is 0 Å². The van der Waals surface area contributed by atoms with Crippen molar-refractivity contribution in [3.63, 3.8) is 0 Å². The van der Waals surface area contributed by atoms with Crippen LogP contribution in [0.15, 0.2) is 66.0 Å². The van der Waals surface area contributed by atoms with E-state index in [9.17, 15) is 13.6 Å². The van der Waals surface area contributed by atoms with Crippen LogP contribution < -0.4 is 0 Å². The molecule has 3 rings (SSSR count). The highest BCUT2D eigenvalue weighted by Gasteiger charge is 2.16. The Hall–Kier alpha value is -2.79. The molecule has 126 valence electrons. The van der Waals surface area contributed by atoms with Crippen LogP contribution in [-0.4, -0.2) is 5.97 Å². The van der Waals surface area contributed by atoms with Gasteiger partial charge >= 0.3 is 5.97 Å². The van der Waals surface area contributed by atoms with Gasteiger partial charge in [0.25, 0.3) is 0 Å². The lowest BCUT2D eigenvalue weighted by Crippen LogP contribution is -2.07. The molecule has 1 heterocycles. The first kappa shape index (κ1) is 17.0. The molecule has 0 aliphatic rings. The Kier molecular flexibility index (Phi) is 5.36. The number of ether oxygens (including phenoxy) is 1. The van der Waals surface area contributed by atoms with Gasteiger partial charge in [0, 0.05) is 10.4 Å². The molecule has 0 amide bonds. The Morgan fingerprint density at radius 2 is 1.76 bits per heavy atom. The fraction of sp³-hybridized carbons (Fsp3) is 0.0500. The van der Waals surface area contributed by atoms with Crippen molar-refractivity contribution in [1.29, 1.82) is 0 Å². The van der Waals surface area contributed by atoms with Gasteiger partial charge in [-0.1, -0.05) is 36.4 Å². The summed E-state index contributed by atoms with van der Waals surface area (Å²) in [5.41, 5.74) is 1.33. The van der Waals surface area contributed by atoms with Gasteiger partial charge in [0.05, 0.1) is 5.57 Å². The molecule has 2 nitrogen and oxygen atoms in total. The number of benzene rings is 2. The number of hydrogen-bond donors (Lipinski definition) is 0. The normalized spacial score (nSPS) is 11.4. The Morgan fingerprint density at radius 1 is 1.00 bits per heavy atom. The van der Waals surface area contributed by atoms with Crippen molar-refractivity contribution in [2.24, 2.45) is 0 Å². The van der Waals surface area contributed by atoms with Crippen LogP contribution in [0.2, 0.25) is 0 Å². The summed E-state index contributed by atoms with van der Waals surface area (Å²) in [5, 5.41) is 1.85. The lowest BCUT2D eigenvalue weighted by Gasteiger charge is -2.08. The highest BCUT2D eigenvalue weighted by Crippen LogP contribution is 2.25. The van der Waals surface area contributed by atoms with E-state index >= 15 is 0 Å². The van der Waals surface area contributed by atoms with Crippen LogP contribution in [0.4, 0.5) is 8.78 Å². The maximum Gasteiger partial charge on any atom is 0.339 e. The van der Waals surface area contributed by atoms with Crippen LogP contribution in [-0.2, 0) is 16.1 Å². The lowest BCUT2D eigenvalue weighted by atomic mass is 10.1. The zero-order valence-corrected chi connectivity index (χ0v) is 13.9. The summed E-state index contributed by atoms with van der Waals surface area (Å²) < 4.78 is 32.0. The first-order valence-corrected chi connectivity index (χ1v) is 8.43. The first-order chi connectivity index (χ1) is 12.1. The molecular formula is C20H14F2O2S. The second-order valence-electron chi connectivity index (χ2n) is 5.25. The van der Waals surface area contributed by atoms with Gasteiger partial charge in [0.2, 0.25) is 0 Å². The topological polar surface area (TPSA) is 26.3 Å². The van der Waals surface area contributed by atoms with E-state index in [0.717, 1.165) is 4.88 Å². The molecule has 0 unspecified atom stereocenters. The van der Waals surface area contributed by atoms with E-state index in [4.69, 9.17) is 4.74 Å². The Morgan fingerprint density at radius 3 is 2.44 bits per heavy atom. The predicted octanol–water partition coefficient (Wildman–Crippen LogP) is 5.31. The van der Waals surface area contributed by atoms with Gasteiger partial charge in [-0.25, -0.2) is 13.6 Å². The fourth-order valence-electron chi connectivity index (χ4n) is 2.22. The molecule has 2 aromatic carbocycles. The average molecular weight is 356 g/mol. The molecule has 3 aromatic rings. The molecule has 0 aliphatic heterocycles. The van der Waals surface area contributed by atoms with E-state index in [0.29, 0.717) is 16.7 Å². The maximum absolute atomic E-state index is 13.7. The second-order valence-corrected chi connectivity index (χ2v) is 6.20. The average Bonchev–Trinajstić information content (AvgIpc) is 3.14. The number of carbonyl (C=O) groups excluding carboxylic acids is 1. The largest absolute Gasteiger partial charge is 0.457 e. The standard InChI is InChI=1S/C20H14F2O2S/c21-16-9-7-14(8-10-16)12-17(19-6-3-11-25-19)20(23)24-13-15-4-1-2-5-18(15)22/h1-12H,13H2/b17-12+. The minimum atomic E-state index is -0.560. The molecule has 5 heteroatoms. The zero-order valence-electron chi connectivity index (χ0n) is 13.1. The predicted molar refractivity (Wildman–Crippen MR) is 94.8 cm³/mol. The minimum absolute atomic E-state index is 0.155. The number of rotatable bonds is 5. The van der Waals surface area contributed by atoms with Crippen LogP contribution >= 0.6 is 11.3 Å². The van der Waals surface area contributed by atoms with Gasteiger partial charge < -0.3 is 4.74 Å². The van der Waals surface area contributed by atoms with Crippen LogP contribution in [0.3, 0.4) is 0 Å². The number of halogens is 2. The molecule has 0 saturated carbocycles. The van der Waals surface area contributed by atoms with Gasteiger partial charge in [0.15, 0.2) is 0 Å². The van der Waals surface area contributed by atoms with Crippen molar-refractivity contribution in [1.82, 2.24) is 0 Å². The van der Waals surface area contributed by atoms with Crippen molar-refractivity contribution < 1.29 is 18.3 Å². The molecule has 0 spiro atoms. The van der Waals surface area contributed by atoms with Gasteiger partial charge in [0.1, 0.15) is 18.2 Å². The van der Waals surface area contributed by atoms with Gasteiger partial charge in [-0.15, -0.1) is 11.3 Å². The van der Waals surface area contributed by atoms with Gasteiger partial charge in [-0.3, -0.25) is 0 Å². The van der Waals surface area contributed by atoms with Crippen LogP contribution in [0.25, 0.3) is 11.6 Å². The molecule has 0 atom stereocenters. The van der Waals surface area contributed by atoms with Crippen molar-refractivity contribution >= 4 is 29.0 Å². The van der Waals surface area contributed by atoms with E-state index in [-0.39, 0.29) is 12.4 Å². The number of hydrogen-bond acceptors (Lipinski definition) is 3. The van der Waals surface area contributed by atoms with Gasteiger partial charge in [-0.05, 0) is 41.3 Å².